The maximum Gasteiger partial charge on any atom is 0.387 e. The van der Waals surface area contributed by atoms with Crippen LogP contribution in [-0.2, 0) is 0 Å². The van der Waals surface area contributed by atoms with Gasteiger partial charge in [-0.3, -0.25) is 0 Å². The van der Waals surface area contributed by atoms with Crippen molar-refractivity contribution >= 4 is 17.4 Å². The second kappa shape index (κ2) is 6.16. The Kier molecular flexibility index (Phi) is 4.73. The van der Waals surface area contributed by atoms with E-state index in [0.717, 1.165) is 17.9 Å². The van der Waals surface area contributed by atoms with Crippen molar-refractivity contribution in [1.82, 2.24) is 0 Å². The second-order valence-electron chi connectivity index (χ2n) is 5.75. The van der Waals surface area contributed by atoms with Crippen molar-refractivity contribution in [1.29, 1.82) is 0 Å². The molecule has 1 N–H and O–H groups in total. The summed E-state index contributed by atoms with van der Waals surface area (Å²) in [5.41, 5.74) is 0.838. The summed E-state index contributed by atoms with van der Waals surface area (Å²) in [6.07, 6.45) is 0.997. The number of anilines is 1. The fourth-order valence-electron chi connectivity index (χ4n) is 2.37. The molecule has 2 rings (SSSR count). The van der Waals surface area contributed by atoms with Crippen molar-refractivity contribution in [3.8, 4) is 5.75 Å². The van der Waals surface area contributed by atoms with Crippen LogP contribution in [-0.4, -0.2) is 24.2 Å². The first-order valence-corrected chi connectivity index (χ1v) is 7.60. The Balaban J connectivity index is 2.01. The quantitative estimate of drug-likeness (QED) is 0.892. The van der Waals surface area contributed by atoms with E-state index in [9.17, 15) is 13.2 Å². The summed E-state index contributed by atoms with van der Waals surface area (Å²) >= 11 is 1.86. The van der Waals surface area contributed by atoms with Crippen molar-refractivity contribution in [3.63, 3.8) is 0 Å². The maximum absolute atomic E-state index is 13.6. The minimum absolute atomic E-state index is 0.248. The average molecular weight is 305 g/mol. The van der Waals surface area contributed by atoms with Crippen LogP contribution < -0.4 is 10.1 Å². The normalized spacial score (nSPS) is 21.8. The molecule has 0 aromatic heterocycles. The number of rotatable bonds is 4. The van der Waals surface area contributed by atoms with Crippen LogP contribution in [0.2, 0.25) is 0 Å². The lowest BCUT2D eigenvalue weighted by Crippen LogP contribution is -2.35. The molecule has 0 bridgehead atoms. The van der Waals surface area contributed by atoms with Crippen molar-refractivity contribution in [2.24, 2.45) is 5.41 Å². The van der Waals surface area contributed by atoms with Gasteiger partial charge in [-0.1, -0.05) is 13.8 Å². The SMILES string of the molecule is CC1(C)CSCC(Nc2ccc(OC(F)F)c(F)c2)C1. The van der Waals surface area contributed by atoms with Gasteiger partial charge in [-0.25, -0.2) is 4.39 Å². The van der Waals surface area contributed by atoms with E-state index in [-0.39, 0.29) is 11.5 Å². The zero-order chi connectivity index (χ0) is 14.8. The molecule has 112 valence electrons. The van der Waals surface area contributed by atoms with Gasteiger partial charge in [-0.05, 0) is 29.7 Å². The number of ether oxygens (including phenoxy) is 1. The number of nitrogens with one attached hydrogen (secondary N) is 1. The minimum Gasteiger partial charge on any atom is -0.432 e. The van der Waals surface area contributed by atoms with Crippen LogP contribution in [0.15, 0.2) is 18.2 Å². The fourth-order valence-corrected chi connectivity index (χ4v) is 3.65. The molecule has 0 spiro atoms. The zero-order valence-corrected chi connectivity index (χ0v) is 12.3. The molecular formula is C14H18F3NOS. The van der Waals surface area contributed by atoms with E-state index < -0.39 is 18.2 Å². The van der Waals surface area contributed by atoms with Gasteiger partial charge < -0.3 is 10.1 Å². The Morgan fingerprint density at radius 1 is 1.40 bits per heavy atom. The minimum atomic E-state index is -3.01. The van der Waals surface area contributed by atoms with Gasteiger partial charge in [0.05, 0.1) is 0 Å². The summed E-state index contributed by atoms with van der Waals surface area (Å²) in [6, 6.07) is 4.24. The van der Waals surface area contributed by atoms with Gasteiger partial charge in [0.25, 0.3) is 0 Å². The second-order valence-corrected chi connectivity index (χ2v) is 6.78. The zero-order valence-electron chi connectivity index (χ0n) is 11.5. The molecule has 0 amide bonds. The third-order valence-corrected chi connectivity index (χ3v) is 4.75. The number of thioether (sulfide) groups is 1. The molecule has 1 atom stereocenters. The molecule has 2 nitrogen and oxygen atoms in total. The first-order chi connectivity index (χ1) is 9.35. The summed E-state index contributed by atoms with van der Waals surface area (Å²) in [4.78, 5) is 0. The van der Waals surface area contributed by atoms with Crippen LogP contribution in [0.3, 0.4) is 0 Å². The number of hydrogen-bond acceptors (Lipinski definition) is 3. The van der Waals surface area contributed by atoms with Crippen LogP contribution in [0.1, 0.15) is 20.3 Å². The summed E-state index contributed by atoms with van der Waals surface area (Å²) < 4.78 is 41.8. The smallest absolute Gasteiger partial charge is 0.387 e. The van der Waals surface area contributed by atoms with E-state index in [0.29, 0.717) is 5.69 Å². The van der Waals surface area contributed by atoms with Crippen LogP contribution >= 0.6 is 11.8 Å². The lowest BCUT2D eigenvalue weighted by Gasteiger charge is -2.35. The van der Waals surface area contributed by atoms with Gasteiger partial charge in [0.1, 0.15) is 0 Å². The molecule has 6 heteroatoms. The van der Waals surface area contributed by atoms with E-state index in [1.807, 2.05) is 11.8 Å². The Morgan fingerprint density at radius 3 is 2.75 bits per heavy atom. The predicted octanol–water partition coefficient (Wildman–Crippen LogP) is 4.37. The Hall–Kier alpha value is -1.04. The molecule has 1 heterocycles. The third kappa shape index (κ3) is 4.23. The Labute approximate surface area is 121 Å². The van der Waals surface area contributed by atoms with Crippen LogP contribution in [0, 0.1) is 11.2 Å². The molecule has 0 aliphatic carbocycles. The highest BCUT2D eigenvalue weighted by Gasteiger charge is 2.28. The Bertz CT molecular complexity index is 468. The summed E-state index contributed by atoms with van der Waals surface area (Å²) in [5, 5.41) is 3.25. The number of hydrogen-bond donors (Lipinski definition) is 1. The average Bonchev–Trinajstić information content (AvgIpc) is 2.31. The first kappa shape index (κ1) is 15.4. The molecule has 0 radical (unpaired) electrons. The lowest BCUT2D eigenvalue weighted by atomic mass is 9.88. The summed E-state index contributed by atoms with van der Waals surface area (Å²) in [6.45, 7) is 1.39. The van der Waals surface area contributed by atoms with Gasteiger partial charge in [0.2, 0.25) is 0 Å². The number of alkyl halides is 2. The molecule has 1 fully saturated rings. The lowest BCUT2D eigenvalue weighted by molar-refractivity contribution is -0.0521. The van der Waals surface area contributed by atoms with Crippen molar-refractivity contribution < 1.29 is 17.9 Å². The molecule has 20 heavy (non-hydrogen) atoms. The van der Waals surface area contributed by atoms with E-state index in [1.54, 1.807) is 6.07 Å². The molecule has 1 aromatic carbocycles. The standard InChI is InChI=1S/C14H18F3NOS/c1-14(2)6-10(7-20-8-14)18-9-3-4-12(11(15)5-9)19-13(16)17/h3-5,10,13,18H,6-8H2,1-2H3. The molecule has 1 unspecified atom stereocenters. The molecule has 1 aromatic rings. The highest BCUT2D eigenvalue weighted by Crippen LogP contribution is 2.35. The van der Waals surface area contributed by atoms with Gasteiger partial charge in [0, 0.05) is 23.5 Å². The van der Waals surface area contributed by atoms with Crippen LogP contribution in [0.5, 0.6) is 5.75 Å². The highest BCUT2D eigenvalue weighted by molar-refractivity contribution is 7.99. The Morgan fingerprint density at radius 2 is 2.15 bits per heavy atom. The molecule has 1 aliphatic heterocycles. The van der Waals surface area contributed by atoms with Crippen molar-refractivity contribution in [3.05, 3.63) is 24.0 Å². The highest BCUT2D eigenvalue weighted by atomic mass is 32.2. The van der Waals surface area contributed by atoms with E-state index >= 15 is 0 Å². The monoisotopic (exact) mass is 305 g/mol. The maximum atomic E-state index is 13.6. The molecule has 1 aliphatic rings. The van der Waals surface area contributed by atoms with Crippen molar-refractivity contribution in [2.75, 3.05) is 16.8 Å². The summed E-state index contributed by atoms with van der Waals surface area (Å²) in [7, 11) is 0. The van der Waals surface area contributed by atoms with Crippen LogP contribution in [0.4, 0.5) is 18.9 Å². The van der Waals surface area contributed by atoms with Gasteiger partial charge >= 0.3 is 6.61 Å². The van der Waals surface area contributed by atoms with E-state index in [4.69, 9.17) is 0 Å². The molecule has 0 saturated carbocycles. The third-order valence-electron chi connectivity index (χ3n) is 3.13. The fraction of sp³-hybridized carbons (Fsp3) is 0.571. The molecule has 1 saturated heterocycles. The number of halogens is 3. The van der Waals surface area contributed by atoms with E-state index in [2.05, 4.69) is 23.9 Å². The summed E-state index contributed by atoms with van der Waals surface area (Å²) in [5.74, 6) is 0.864. The molecular weight excluding hydrogens is 287 g/mol. The van der Waals surface area contributed by atoms with Gasteiger partial charge in [-0.2, -0.15) is 20.5 Å². The van der Waals surface area contributed by atoms with Crippen molar-refractivity contribution in [2.45, 2.75) is 32.9 Å². The van der Waals surface area contributed by atoms with Gasteiger partial charge in [0.15, 0.2) is 11.6 Å². The topological polar surface area (TPSA) is 21.3 Å². The predicted molar refractivity (Wildman–Crippen MR) is 76.2 cm³/mol. The first-order valence-electron chi connectivity index (χ1n) is 6.44. The largest absolute Gasteiger partial charge is 0.432 e. The van der Waals surface area contributed by atoms with Crippen LogP contribution in [0.25, 0.3) is 0 Å². The number of benzene rings is 1. The van der Waals surface area contributed by atoms with Gasteiger partial charge in [-0.15, -0.1) is 0 Å². The van der Waals surface area contributed by atoms with E-state index in [1.165, 1.54) is 12.1 Å².